The van der Waals surface area contributed by atoms with E-state index in [1.807, 2.05) is 0 Å². The molecule has 0 atom stereocenters. The maximum atomic E-state index is 13.8. The second kappa shape index (κ2) is 6.99. The van der Waals surface area contributed by atoms with Gasteiger partial charge in [-0.25, -0.2) is 4.39 Å². The molecule has 0 radical (unpaired) electrons. The molecule has 13 heteroatoms. The number of halogens is 10. The Morgan fingerprint density at radius 2 is 1.21 bits per heavy atom. The SMILES string of the molecule is O=C(N1CCN(c2ccccc2C(F)(F)F)CC1)C(F)(C(F)(F)F)C(F)(F)F. The summed E-state index contributed by atoms with van der Waals surface area (Å²) in [4.78, 5) is 12.8. The molecule has 1 aromatic carbocycles. The van der Waals surface area contributed by atoms with Crippen molar-refractivity contribution in [3.8, 4) is 0 Å². The minimum atomic E-state index is -6.54. The van der Waals surface area contributed by atoms with E-state index in [0.717, 1.165) is 23.1 Å². The van der Waals surface area contributed by atoms with Gasteiger partial charge in [-0.3, -0.25) is 4.79 Å². The maximum absolute atomic E-state index is 13.8. The van der Waals surface area contributed by atoms with Crippen LogP contribution in [0.3, 0.4) is 0 Å². The molecule has 1 aromatic rings. The number of alkyl halides is 10. The third-order valence-electron chi connectivity index (χ3n) is 4.19. The van der Waals surface area contributed by atoms with Crippen molar-refractivity contribution in [2.24, 2.45) is 0 Å². The van der Waals surface area contributed by atoms with Crippen molar-refractivity contribution in [2.75, 3.05) is 31.1 Å². The predicted octanol–water partition coefficient (Wildman–Crippen LogP) is 4.19. The zero-order chi connectivity index (χ0) is 21.5. The summed E-state index contributed by atoms with van der Waals surface area (Å²) in [5, 5.41) is 0. The number of rotatable bonds is 2. The van der Waals surface area contributed by atoms with Gasteiger partial charge in [-0.05, 0) is 12.1 Å². The van der Waals surface area contributed by atoms with E-state index in [4.69, 9.17) is 0 Å². The quantitative estimate of drug-likeness (QED) is 0.663. The summed E-state index contributed by atoms with van der Waals surface area (Å²) >= 11 is 0. The van der Waals surface area contributed by atoms with Crippen molar-refractivity contribution >= 4 is 11.6 Å². The van der Waals surface area contributed by atoms with Gasteiger partial charge in [-0.15, -0.1) is 0 Å². The molecule has 0 aliphatic carbocycles. The molecule has 1 amide bonds. The van der Waals surface area contributed by atoms with Crippen molar-refractivity contribution in [2.45, 2.75) is 24.2 Å². The van der Waals surface area contributed by atoms with Gasteiger partial charge in [0.2, 0.25) is 0 Å². The molecule has 1 aliphatic rings. The predicted molar refractivity (Wildman–Crippen MR) is 76.2 cm³/mol. The Morgan fingerprint density at radius 1 is 0.750 bits per heavy atom. The minimum absolute atomic E-state index is 0.00762. The summed E-state index contributed by atoms with van der Waals surface area (Å²) in [7, 11) is 0. The van der Waals surface area contributed by atoms with Crippen molar-refractivity contribution in [3.05, 3.63) is 29.8 Å². The lowest BCUT2D eigenvalue weighted by Gasteiger charge is -2.40. The lowest BCUT2D eigenvalue weighted by molar-refractivity contribution is -0.329. The summed E-state index contributed by atoms with van der Waals surface area (Å²) in [5.74, 6) is -2.84. The molecule has 0 spiro atoms. The van der Waals surface area contributed by atoms with Crippen molar-refractivity contribution < 1.29 is 48.7 Å². The van der Waals surface area contributed by atoms with Crippen LogP contribution < -0.4 is 4.90 Å². The Morgan fingerprint density at radius 3 is 1.64 bits per heavy atom. The molecule has 0 aromatic heterocycles. The fourth-order valence-corrected chi connectivity index (χ4v) is 2.76. The molecule has 1 fully saturated rings. The number of carbonyl (C=O) groups is 1. The molecule has 0 bridgehead atoms. The first-order valence-electron chi connectivity index (χ1n) is 7.63. The molecule has 0 saturated carbocycles. The standard InChI is InChI=1S/C15H12F10N2O/c16-12(14(20,21)22,15(23,24)25)11(28)27-7-5-26(6-8-27)10-4-2-1-3-9(10)13(17,18)19/h1-4H,5-8H2. The van der Waals surface area contributed by atoms with Crippen LogP contribution in [0.1, 0.15) is 5.56 Å². The average Bonchev–Trinajstić information content (AvgIpc) is 2.58. The Bertz CT molecular complexity index is 703. The van der Waals surface area contributed by atoms with Crippen LogP contribution in [0.5, 0.6) is 0 Å². The van der Waals surface area contributed by atoms with Gasteiger partial charge in [0.05, 0.1) is 5.56 Å². The second-order valence-electron chi connectivity index (χ2n) is 5.95. The molecule has 1 heterocycles. The zero-order valence-corrected chi connectivity index (χ0v) is 13.7. The van der Waals surface area contributed by atoms with E-state index < -0.39 is 61.8 Å². The summed E-state index contributed by atoms with van der Waals surface area (Å²) in [6, 6.07) is 4.20. The normalized spacial score (nSPS) is 17.1. The number of amides is 1. The number of anilines is 1. The molecule has 1 aliphatic heterocycles. The first-order valence-corrected chi connectivity index (χ1v) is 7.63. The van der Waals surface area contributed by atoms with Crippen molar-refractivity contribution in [1.82, 2.24) is 4.90 Å². The molecule has 2 rings (SSSR count). The number of para-hydroxylation sites is 1. The molecular formula is C15H12F10N2O. The van der Waals surface area contributed by atoms with Crippen LogP contribution in [0.15, 0.2) is 24.3 Å². The molecule has 28 heavy (non-hydrogen) atoms. The second-order valence-corrected chi connectivity index (χ2v) is 5.95. The van der Waals surface area contributed by atoms with Crippen LogP contribution in [-0.2, 0) is 11.0 Å². The summed E-state index contributed by atoms with van der Waals surface area (Å²) < 4.78 is 129. The average molecular weight is 426 g/mol. The van der Waals surface area contributed by atoms with Crippen molar-refractivity contribution in [3.63, 3.8) is 0 Å². The molecule has 1 saturated heterocycles. The van der Waals surface area contributed by atoms with Gasteiger partial charge in [0.25, 0.3) is 5.91 Å². The fourth-order valence-electron chi connectivity index (χ4n) is 2.76. The zero-order valence-electron chi connectivity index (χ0n) is 13.7. The first-order chi connectivity index (χ1) is 12.6. The van der Waals surface area contributed by atoms with E-state index in [-0.39, 0.29) is 10.6 Å². The van der Waals surface area contributed by atoms with Gasteiger partial charge in [-0.2, -0.15) is 39.5 Å². The van der Waals surface area contributed by atoms with E-state index >= 15 is 0 Å². The van der Waals surface area contributed by atoms with Gasteiger partial charge in [-0.1, -0.05) is 12.1 Å². The Balaban J connectivity index is 2.22. The largest absolute Gasteiger partial charge is 0.441 e. The lowest BCUT2D eigenvalue weighted by atomic mass is 10.0. The first kappa shape index (κ1) is 22.1. The topological polar surface area (TPSA) is 23.6 Å². The molecule has 3 nitrogen and oxygen atoms in total. The monoisotopic (exact) mass is 426 g/mol. The molecule has 0 unspecified atom stereocenters. The van der Waals surface area contributed by atoms with Crippen LogP contribution in [0.25, 0.3) is 0 Å². The van der Waals surface area contributed by atoms with E-state index in [1.165, 1.54) is 6.07 Å². The summed E-state index contributed by atoms with van der Waals surface area (Å²) in [5.41, 5.74) is -7.49. The Kier molecular flexibility index (Phi) is 5.52. The summed E-state index contributed by atoms with van der Waals surface area (Å²) in [6.45, 7) is -2.65. The number of nitrogens with zero attached hydrogens (tertiary/aromatic N) is 2. The molecular weight excluding hydrogens is 414 g/mol. The number of hydrogen-bond acceptors (Lipinski definition) is 2. The smallest absolute Gasteiger partial charge is 0.367 e. The highest BCUT2D eigenvalue weighted by Crippen LogP contribution is 2.47. The van der Waals surface area contributed by atoms with Gasteiger partial charge in [0.1, 0.15) is 0 Å². The third-order valence-corrected chi connectivity index (χ3v) is 4.19. The van der Waals surface area contributed by atoms with Crippen LogP contribution in [0, 0.1) is 0 Å². The van der Waals surface area contributed by atoms with E-state index in [1.54, 1.807) is 0 Å². The number of hydrogen-bond donors (Lipinski definition) is 0. The minimum Gasteiger partial charge on any atom is -0.367 e. The van der Waals surface area contributed by atoms with Crippen LogP contribution in [0.4, 0.5) is 49.6 Å². The number of piperazine rings is 1. The van der Waals surface area contributed by atoms with Gasteiger partial charge < -0.3 is 9.80 Å². The molecule has 0 N–H and O–H groups in total. The van der Waals surface area contributed by atoms with E-state index in [2.05, 4.69) is 0 Å². The number of benzene rings is 1. The fraction of sp³-hybridized carbons (Fsp3) is 0.533. The van der Waals surface area contributed by atoms with E-state index in [0.29, 0.717) is 0 Å². The van der Waals surface area contributed by atoms with Crippen LogP contribution in [-0.4, -0.2) is 55.0 Å². The number of carbonyl (C=O) groups excluding carboxylic acids is 1. The molecule has 158 valence electrons. The third kappa shape index (κ3) is 3.83. The summed E-state index contributed by atoms with van der Waals surface area (Å²) in [6.07, 6.45) is -17.8. The lowest BCUT2D eigenvalue weighted by Crippen LogP contribution is -2.65. The van der Waals surface area contributed by atoms with Crippen LogP contribution in [0.2, 0.25) is 0 Å². The Hall–Kier alpha value is -2.21. The maximum Gasteiger partial charge on any atom is 0.441 e. The van der Waals surface area contributed by atoms with Gasteiger partial charge >= 0.3 is 24.2 Å². The van der Waals surface area contributed by atoms with E-state index in [9.17, 15) is 48.7 Å². The Labute approximate surface area is 151 Å². The van der Waals surface area contributed by atoms with Crippen molar-refractivity contribution in [1.29, 1.82) is 0 Å². The van der Waals surface area contributed by atoms with Crippen LogP contribution >= 0.6 is 0 Å². The highest BCUT2D eigenvalue weighted by atomic mass is 19.4. The highest BCUT2D eigenvalue weighted by Gasteiger charge is 2.78. The van der Waals surface area contributed by atoms with Gasteiger partial charge in [0, 0.05) is 31.9 Å². The highest BCUT2D eigenvalue weighted by molar-refractivity contribution is 5.87. The van der Waals surface area contributed by atoms with Gasteiger partial charge in [0.15, 0.2) is 0 Å².